The average molecular weight is 504 g/mol. The lowest BCUT2D eigenvalue weighted by molar-refractivity contribution is 0.412. The second kappa shape index (κ2) is 11.0. The zero-order valence-corrected chi connectivity index (χ0v) is 21.3. The molecule has 2 N–H and O–H groups in total. The van der Waals surface area contributed by atoms with E-state index in [-0.39, 0.29) is 17.4 Å². The number of ether oxygens (including phenoxy) is 2. The molecule has 0 fully saturated rings. The van der Waals surface area contributed by atoms with Gasteiger partial charge in [-0.15, -0.1) is 0 Å². The molecular formula is C33H29NO4. The van der Waals surface area contributed by atoms with Gasteiger partial charge >= 0.3 is 0 Å². The van der Waals surface area contributed by atoms with E-state index in [1.807, 2.05) is 72.8 Å². The molecule has 190 valence electrons. The van der Waals surface area contributed by atoms with E-state index in [0.717, 1.165) is 45.3 Å². The van der Waals surface area contributed by atoms with Crippen LogP contribution in [0.4, 0.5) is 17.1 Å². The van der Waals surface area contributed by atoms with Crippen LogP contribution in [0.5, 0.6) is 23.0 Å². The quantitative estimate of drug-likeness (QED) is 0.212. The van der Waals surface area contributed by atoms with E-state index in [4.69, 9.17) is 9.47 Å². The zero-order valence-electron chi connectivity index (χ0n) is 21.3. The number of aromatic hydroxyl groups is 2. The van der Waals surface area contributed by atoms with Crippen LogP contribution in [0.3, 0.4) is 0 Å². The predicted molar refractivity (Wildman–Crippen MR) is 151 cm³/mol. The summed E-state index contributed by atoms with van der Waals surface area (Å²) in [5.41, 5.74) is 5.87. The molecular weight excluding hydrogens is 474 g/mol. The molecule has 0 bridgehead atoms. The number of nitrogens with zero attached hydrogens (tertiary/aromatic N) is 1. The maximum atomic E-state index is 9.86. The first-order valence-corrected chi connectivity index (χ1v) is 12.3. The van der Waals surface area contributed by atoms with Crippen LogP contribution in [0, 0.1) is 0 Å². The molecule has 0 unspecified atom stereocenters. The lowest BCUT2D eigenvalue weighted by atomic mass is 9.85. The molecule has 5 heteroatoms. The lowest BCUT2D eigenvalue weighted by Crippen LogP contribution is -2.12. The van der Waals surface area contributed by atoms with Crippen molar-refractivity contribution in [2.75, 3.05) is 19.1 Å². The Kier molecular flexibility index (Phi) is 7.18. The van der Waals surface area contributed by atoms with E-state index in [1.165, 1.54) is 0 Å². The number of rotatable bonds is 8. The first-order chi connectivity index (χ1) is 18.6. The molecule has 0 aliphatic heterocycles. The van der Waals surface area contributed by atoms with Gasteiger partial charge in [-0.3, -0.25) is 0 Å². The topological polar surface area (TPSA) is 62.2 Å². The highest BCUT2D eigenvalue weighted by Gasteiger charge is 2.22. The summed E-state index contributed by atoms with van der Waals surface area (Å²) in [6, 6.07) is 38.7. The van der Waals surface area contributed by atoms with Gasteiger partial charge in [-0.05, 0) is 77.4 Å². The summed E-state index contributed by atoms with van der Waals surface area (Å²) in [6.07, 6.45) is 0. The normalized spacial score (nSPS) is 10.8. The van der Waals surface area contributed by atoms with E-state index in [0.29, 0.717) is 0 Å². The van der Waals surface area contributed by atoms with Crippen molar-refractivity contribution in [1.82, 2.24) is 0 Å². The number of phenolic OH excluding ortho intramolecular Hbond substituents is 2. The molecule has 0 saturated heterocycles. The van der Waals surface area contributed by atoms with Crippen molar-refractivity contribution in [3.63, 3.8) is 0 Å². The molecule has 0 atom stereocenters. The molecule has 38 heavy (non-hydrogen) atoms. The van der Waals surface area contributed by atoms with Gasteiger partial charge in [0.05, 0.1) is 25.6 Å². The molecule has 0 heterocycles. The van der Waals surface area contributed by atoms with Gasteiger partial charge in [0, 0.05) is 11.6 Å². The van der Waals surface area contributed by atoms with Gasteiger partial charge in [-0.2, -0.15) is 0 Å². The van der Waals surface area contributed by atoms with Crippen LogP contribution < -0.4 is 14.4 Å². The van der Waals surface area contributed by atoms with E-state index in [9.17, 15) is 10.2 Å². The van der Waals surface area contributed by atoms with Crippen molar-refractivity contribution in [3.8, 4) is 23.0 Å². The Labute approximate surface area is 222 Å². The van der Waals surface area contributed by atoms with Gasteiger partial charge in [0.2, 0.25) is 0 Å². The monoisotopic (exact) mass is 503 g/mol. The molecule has 0 aliphatic rings. The third-order valence-corrected chi connectivity index (χ3v) is 6.59. The third-order valence-electron chi connectivity index (χ3n) is 6.59. The average Bonchev–Trinajstić information content (AvgIpc) is 2.96. The summed E-state index contributed by atoms with van der Waals surface area (Å²) in [7, 11) is 3.34. The fourth-order valence-corrected chi connectivity index (χ4v) is 4.76. The van der Waals surface area contributed by atoms with Crippen LogP contribution in [0.1, 0.15) is 22.6 Å². The van der Waals surface area contributed by atoms with Crippen molar-refractivity contribution in [2.24, 2.45) is 0 Å². The number of para-hydroxylation sites is 4. The number of anilines is 3. The molecule has 0 aromatic heterocycles. The van der Waals surface area contributed by atoms with Crippen LogP contribution in [0.15, 0.2) is 121 Å². The summed E-state index contributed by atoms with van der Waals surface area (Å²) < 4.78 is 11.4. The van der Waals surface area contributed by atoms with Crippen LogP contribution >= 0.6 is 0 Å². The molecule has 0 aliphatic carbocycles. The summed E-state index contributed by atoms with van der Waals surface area (Å²) >= 11 is 0. The Bertz CT molecular complexity index is 1400. The van der Waals surface area contributed by atoms with Crippen molar-refractivity contribution < 1.29 is 19.7 Å². The maximum absolute atomic E-state index is 9.86. The largest absolute Gasteiger partial charge is 0.508 e. The molecule has 5 aromatic rings. The molecule has 0 radical (unpaired) electrons. The summed E-state index contributed by atoms with van der Waals surface area (Å²) in [5.74, 6) is 1.84. The highest BCUT2D eigenvalue weighted by atomic mass is 16.5. The van der Waals surface area contributed by atoms with Crippen molar-refractivity contribution in [3.05, 3.63) is 138 Å². The Balaban J connectivity index is 1.62. The summed E-state index contributed by atoms with van der Waals surface area (Å²) in [4.78, 5) is 2.12. The second-order valence-corrected chi connectivity index (χ2v) is 8.89. The molecule has 0 amide bonds. The van der Waals surface area contributed by atoms with Gasteiger partial charge in [0.1, 0.15) is 23.0 Å². The number of methoxy groups -OCH3 is 2. The van der Waals surface area contributed by atoms with Crippen LogP contribution in [-0.2, 0) is 0 Å². The van der Waals surface area contributed by atoms with E-state index in [2.05, 4.69) is 29.2 Å². The standard InChI is InChI=1S/C33H29NO4/c1-37-31-9-5-3-7-29(31)34(30-8-4-6-10-32(30)38-2)26-17-11-23(12-18-26)33(24-13-19-27(35)20-14-24)25-15-21-28(36)22-16-25/h3-22,33,35-36H,1-2H3. The Morgan fingerprint density at radius 3 is 1.26 bits per heavy atom. The Morgan fingerprint density at radius 2 is 0.868 bits per heavy atom. The van der Waals surface area contributed by atoms with Crippen LogP contribution in [0.25, 0.3) is 0 Å². The number of benzene rings is 5. The van der Waals surface area contributed by atoms with E-state index < -0.39 is 0 Å². The maximum Gasteiger partial charge on any atom is 0.142 e. The molecule has 5 nitrogen and oxygen atoms in total. The van der Waals surface area contributed by atoms with Gasteiger partial charge in [-0.1, -0.05) is 60.7 Å². The van der Waals surface area contributed by atoms with Gasteiger partial charge in [0.15, 0.2) is 0 Å². The van der Waals surface area contributed by atoms with Crippen LogP contribution in [0.2, 0.25) is 0 Å². The minimum Gasteiger partial charge on any atom is -0.508 e. The van der Waals surface area contributed by atoms with E-state index >= 15 is 0 Å². The molecule has 5 aromatic carbocycles. The Morgan fingerprint density at radius 1 is 0.500 bits per heavy atom. The number of hydrogen-bond donors (Lipinski definition) is 2. The summed E-state index contributed by atoms with van der Waals surface area (Å²) in [6.45, 7) is 0. The molecule has 5 rings (SSSR count). The first kappa shape index (κ1) is 24.8. The van der Waals surface area contributed by atoms with Gasteiger partial charge in [-0.25, -0.2) is 0 Å². The smallest absolute Gasteiger partial charge is 0.142 e. The number of hydrogen-bond acceptors (Lipinski definition) is 5. The zero-order chi connectivity index (χ0) is 26.5. The minimum atomic E-state index is -0.0868. The van der Waals surface area contributed by atoms with E-state index in [1.54, 1.807) is 38.5 Å². The third kappa shape index (κ3) is 5.00. The Hall–Kier alpha value is -4.90. The van der Waals surface area contributed by atoms with Crippen LogP contribution in [-0.4, -0.2) is 24.4 Å². The highest BCUT2D eigenvalue weighted by molar-refractivity contribution is 5.83. The minimum absolute atomic E-state index is 0.0868. The van der Waals surface area contributed by atoms with Crippen molar-refractivity contribution in [1.29, 1.82) is 0 Å². The summed E-state index contributed by atoms with van der Waals surface area (Å²) in [5, 5.41) is 19.7. The van der Waals surface area contributed by atoms with Gasteiger partial charge < -0.3 is 24.6 Å². The highest BCUT2D eigenvalue weighted by Crippen LogP contribution is 2.44. The fraction of sp³-hybridized carbons (Fsp3) is 0.0909. The molecule has 0 spiro atoms. The SMILES string of the molecule is COc1ccccc1N(c1ccc(C(c2ccc(O)cc2)c2ccc(O)cc2)cc1)c1ccccc1OC. The first-order valence-electron chi connectivity index (χ1n) is 12.3. The van der Waals surface area contributed by atoms with Crippen molar-refractivity contribution in [2.45, 2.75) is 5.92 Å². The lowest BCUT2D eigenvalue weighted by Gasteiger charge is -2.29. The second-order valence-electron chi connectivity index (χ2n) is 8.89. The predicted octanol–water partition coefficient (Wildman–Crippen LogP) is 7.77. The molecule has 0 saturated carbocycles. The van der Waals surface area contributed by atoms with Crippen molar-refractivity contribution >= 4 is 17.1 Å². The number of phenols is 2. The van der Waals surface area contributed by atoms with Gasteiger partial charge in [0.25, 0.3) is 0 Å². The fourth-order valence-electron chi connectivity index (χ4n) is 4.76.